The van der Waals surface area contributed by atoms with Crippen molar-refractivity contribution < 1.29 is 0 Å². The molecule has 0 radical (unpaired) electrons. The summed E-state index contributed by atoms with van der Waals surface area (Å²) in [5, 5.41) is 4.56. The van der Waals surface area contributed by atoms with E-state index >= 15 is 0 Å². The van der Waals surface area contributed by atoms with Crippen molar-refractivity contribution in [1.29, 1.82) is 0 Å². The first-order valence-electron chi connectivity index (χ1n) is 6.87. The maximum absolute atomic E-state index is 6.38. The summed E-state index contributed by atoms with van der Waals surface area (Å²) in [5.41, 5.74) is 2.72. The first kappa shape index (κ1) is 13.7. The third-order valence-corrected chi connectivity index (χ3v) is 4.54. The van der Waals surface area contributed by atoms with Crippen molar-refractivity contribution in [3.8, 4) is 0 Å². The van der Waals surface area contributed by atoms with Gasteiger partial charge in [-0.3, -0.25) is 0 Å². The maximum Gasteiger partial charge on any atom is 0.0642 e. The van der Waals surface area contributed by atoms with Crippen LogP contribution in [0.4, 0.5) is 5.69 Å². The van der Waals surface area contributed by atoms with Gasteiger partial charge in [0.15, 0.2) is 0 Å². The van der Waals surface area contributed by atoms with Crippen LogP contribution >= 0.6 is 11.6 Å². The van der Waals surface area contributed by atoms with E-state index in [2.05, 4.69) is 37.1 Å². The number of nitrogens with zero attached hydrogens (tertiary/aromatic N) is 1. The van der Waals surface area contributed by atoms with Crippen molar-refractivity contribution in [3.63, 3.8) is 0 Å². The Balaban J connectivity index is 2.28. The average molecular weight is 267 g/mol. The van der Waals surface area contributed by atoms with Gasteiger partial charge >= 0.3 is 0 Å². The molecule has 1 aromatic carbocycles. The van der Waals surface area contributed by atoms with Crippen LogP contribution in [-0.4, -0.2) is 25.2 Å². The first-order valence-corrected chi connectivity index (χ1v) is 7.25. The molecule has 1 fully saturated rings. The molecule has 0 aliphatic carbocycles. The highest BCUT2D eigenvalue weighted by molar-refractivity contribution is 6.33. The molecule has 100 valence electrons. The Morgan fingerprint density at radius 1 is 1.33 bits per heavy atom. The van der Waals surface area contributed by atoms with Crippen LogP contribution in [0.2, 0.25) is 5.02 Å². The Labute approximate surface area is 115 Å². The molecule has 0 saturated carbocycles. The van der Waals surface area contributed by atoms with Crippen molar-refractivity contribution in [2.75, 3.05) is 24.5 Å². The van der Waals surface area contributed by atoms with Gasteiger partial charge in [-0.2, -0.15) is 0 Å². The monoisotopic (exact) mass is 266 g/mol. The predicted molar refractivity (Wildman–Crippen MR) is 79.7 cm³/mol. The second-order valence-corrected chi connectivity index (χ2v) is 5.65. The number of anilines is 1. The number of nitrogens with one attached hydrogen (secondary N) is 1. The van der Waals surface area contributed by atoms with Crippen LogP contribution in [0.25, 0.3) is 0 Å². The largest absolute Gasteiger partial charge is 0.367 e. The van der Waals surface area contributed by atoms with E-state index in [-0.39, 0.29) is 5.54 Å². The fraction of sp³-hybridized carbons (Fsp3) is 0.600. The minimum absolute atomic E-state index is 0.240. The topological polar surface area (TPSA) is 15.3 Å². The Hall–Kier alpha value is -0.730. The second kappa shape index (κ2) is 5.50. The fourth-order valence-electron chi connectivity index (χ4n) is 2.89. The smallest absolute Gasteiger partial charge is 0.0642 e. The molecule has 1 aliphatic heterocycles. The van der Waals surface area contributed by atoms with Crippen LogP contribution in [0, 0.1) is 6.92 Å². The van der Waals surface area contributed by atoms with Crippen molar-refractivity contribution in [3.05, 3.63) is 28.8 Å². The lowest BCUT2D eigenvalue weighted by Crippen LogP contribution is -2.60. The molecular formula is C15H23ClN2. The summed E-state index contributed by atoms with van der Waals surface area (Å²) in [6.45, 7) is 9.78. The number of para-hydroxylation sites is 1. The van der Waals surface area contributed by atoms with Gasteiger partial charge in [-0.05, 0) is 31.4 Å². The molecule has 0 amide bonds. The lowest BCUT2D eigenvalue weighted by atomic mass is 9.90. The number of rotatable bonds is 3. The average Bonchev–Trinajstić information content (AvgIpc) is 2.39. The van der Waals surface area contributed by atoms with E-state index in [1.165, 1.54) is 11.3 Å². The quantitative estimate of drug-likeness (QED) is 0.899. The molecule has 1 saturated heterocycles. The van der Waals surface area contributed by atoms with Gasteiger partial charge in [0, 0.05) is 25.2 Å². The third-order valence-electron chi connectivity index (χ3n) is 4.23. The summed E-state index contributed by atoms with van der Waals surface area (Å²) in [4.78, 5) is 2.45. The number of benzene rings is 1. The zero-order valence-electron chi connectivity index (χ0n) is 11.6. The fourth-order valence-corrected chi connectivity index (χ4v) is 3.24. The van der Waals surface area contributed by atoms with Crippen molar-refractivity contribution in [2.24, 2.45) is 0 Å². The lowest BCUT2D eigenvalue weighted by molar-refractivity contribution is 0.277. The van der Waals surface area contributed by atoms with Gasteiger partial charge in [0.2, 0.25) is 0 Å². The van der Waals surface area contributed by atoms with E-state index in [1.807, 2.05) is 12.1 Å². The van der Waals surface area contributed by atoms with Gasteiger partial charge in [-0.15, -0.1) is 0 Å². The van der Waals surface area contributed by atoms with E-state index in [0.717, 1.165) is 37.5 Å². The minimum atomic E-state index is 0.240. The SMILES string of the molecule is CCC1(CC)CN(c2c(C)cccc2Cl)CCN1. The number of hydrogen-bond acceptors (Lipinski definition) is 2. The van der Waals surface area contributed by atoms with Crippen LogP contribution in [-0.2, 0) is 0 Å². The number of halogens is 1. The van der Waals surface area contributed by atoms with E-state index in [4.69, 9.17) is 11.6 Å². The van der Waals surface area contributed by atoms with Crippen LogP contribution in [0.3, 0.4) is 0 Å². The molecule has 0 bridgehead atoms. The number of piperazine rings is 1. The van der Waals surface area contributed by atoms with Crippen molar-refractivity contribution in [1.82, 2.24) is 5.32 Å². The lowest BCUT2D eigenvalue weighted by Gasteiger charge is -2.44. The molecule has 2 rings (SSSR count). The molecule has 0 atom stereocenters. The molecule has 1 N–H and O–H groups in total. The molecule has 1 aliphatic rings. The van der Waals surface area contributed by atoms with E-state index in [1.54, 1.807) is 0 Å². The molecule has 0 spiro atoms. The van der Waals surface area contributed by atoms with Gasteiger partial charge in [0.1, 0.15) is 0 Å². The predicted octanol–water partition coefficient (Wildman–Crippen LogP) is 3.62. The summed E-state index contributed by atoms with van der Waals surface area (Å²) < 4.78 is 0. The molecule has 1 aromatic rings. The van der Waals surface area contributed by atoms with Gasteiger partial charge in [-0.25, -0.2) is 0 Å². The highest BCUT2D eigenvalue weighted by Crippen LogP contribution is 2.32. The van der Waals surface area contributed by atoms with Crippen LogP contribution in [0.1, 0.15) is 32.3 Å². The molecule has 0 aromatic heterocycles. The van der Waals surface area contributed by atoms with E-state index < -0.39 is 0 Å². The summed E-state index contributed by atoms with van der Waals surface area (Å²) in [6, 6.07) is 6.16. The van der Waals surface area contributed by atoms with Crippen LogP contribution in [0.5, 0.6) is 0 Å². The Bertz CT molecular complexity index is 393. The molecular weight excluding hydrogens is 244 g/mol. The van der Waals surface area contributed by atoms with Crippen molar-refractivity contribution in [2.45, 2.75) is 39.2 Å². The normalized spacial score (nSPS) is 19.0. The number of hydrogen-bond donors (Lipinski definition) is 1. The summed E-state index contributed by atoms with van der Waals surface area (Å²) >= 11 is 6.38. The van der Waals surface area contributed by atoms with Gasteiger partial charge < -0.3 is 10.2 Å². The Kier molecular flexibility index (Phi) is 4.18. The Morgan fingerprint density at radius 3 is 2.67 bits per heavy atom. The van der Waals surface area contributed by atoms with E-state index in [9.17, 15) is 0 Å². The first-order chi connectivity index (χ1) is 8.62. The molecule has 3 heteroatoms. The van der Waals surface area contributed by atoms with E-state index in [0.29, 0.717) is 0 Å². The molecule has 0 unspecified atom stereocenters. The van der Waals surface area contributed by atoms with Gasteiger partial charge in [0.25, 0.3) is 0 Å². The highest BCUT2D eigenvalue weighted by Gasteiger charge is 2.32. The van der Waals surface area contributed by atoms with Gasteiger partial charge in [-0.1, -0.05) is 37.6 Å². The van der Waals surface area contributed by atoms with Crippen molar-refractivity contribution >= 4 is 17.3 Å². The Morgan fingerprint density at radius 2 is 2.06 bits per heavy atom. The minimum Gasteiger partial charge on any atom is -0.367 e. The zero-order chi connectivity index (χ0) is 13.2. The summed E-state index contributed by atoms with van der Waals surface area (Å²) in [6.07, 6.45) is 2.31. The number of aryl methyl sites for hydroxylation is 1. The molecule has 18 heavy (non-hydrogen) atoms. The second-order valence-electron chi connectivity index (χ2n) is 5.24. The van der Waals surface area contributed by atoms with Gasteiger partial charge in [0.05, 0.1) is 10.7 Å². The third kappa shape index (κ3) is 2.50. The van der Waals surface area contributed by atoms with Crippen LogP contribution in [0.15, 0.2) is 18.2 Å². The molecule has 1 heterocycles. The summed E-state index contributed by atoms with van der Waals surface area (Å²) in [7, 11) is 0. The van der Waals surface area contributed by atoms with Crippen LogP contribution < -0.4 is 10.2 Å². The highest BCUT2D eigenvalue weighted by atomic mass is 35.5. The zero-order valence-corrected chi connectivity index (χ0v) is 12.3. The standard InChI is InChI=1S/C15H23ClN2/c1-4-15(5-2)11-18(10-9-17-15)14-12(3)7-6-8-13(14)16/h6-8,17H,4-5,9-11H2,1-3H3. The molecule has 2 nitrogen and oxygen atoms in total. The maximum atomic E-state index is 6.38. The summed E-state index contributed by atoms with van der Waals surface area (Å²) in [5.74, 6) is 0.